The van der Waals surface area contributed by atoms with E-state index in [1.54, 1.807) is 0 Å². The maximum atomic E-state index is 10.6. The Balaban J connectivity index is 3.33. The molecule has 0 saturated heterocycles. The van der Waals surface area contributed by atoms with Crippen LogP contribution in [-0.2, 0) is 0 Å². The highest BCUT2D eigenvalue weighted by Gasteiger charge is 1.90. The minimum atomic E-state index is -0.433. The van der Waals surface area contributed by atoms with E-state index in [2.05, 4.69) is 9.97 Å². The van der Waals surface area contributed by atoms with Crippen LogP contribution in [0.3, 0.4) is 0 Å². The largest absolute Gasteiger partial charge is 0.326 e. The molecule has 2 N–H and O–H groups in total. The minimum absolute atomic E-state index is 0.340. The van der Waals surface area contributed by atoms with Crippen molar-refractivity contribution in [2.75, 3.05) is 6.66 Å². The lowest BCUT2D eigenvalue weighted by Gasteiger charge is -1.91. The van der Waals surface area contributed by atoms with Crippen molar-refractivity contribution >= 4 is 14.0 Å². The van der Waals surface area contributed by atoms with Gasteiger partial charge in [0.25, 0.3) is 5.56 Å². The van der Waals surface area contributed by atoms with E-state index in [9.17, 15) is 9.59 Å². The summed E-state index contributed by atoms with van der Waals surface area (Å²) in [6.45, 7) is 1.89. The number of rotatable bonds is 1. The minimum Gasteiger partial charge on any atom is -0.307 e. The normalized spacial score (nSPS) is 10.9. The number of hydrogen-bond acceptors (Lipinski definition) is 2. The number of nitrogens with one attached hydrogen (secondary N) is 2. The fraction of sp³-hybridized carbons (Fsp3) is 0.200. The first-order valence-electron chi connectivity index (χ1n) is 2.74. The molecule has 4 nitrogen and oxygen atoms in total. The molecule has 0 aliphatic rings. The summed E-state index contributed by atoms with van der Waals surface area (Å²) in [6.07, 6.45) is 0. The molecule has 0 radical (unpaired) electrons. The Bertz CT molecular complexity index is 299. The van der Waals surface area contributed by atoms with Crippen molar-refractivity contribution in [3.05, 3.63) is 26.9 Å². The van der Waals surface area contributed by atoms with Crippen LogP contribution >= 0.6 is 8.58 Å². The summed E-state index contributed by atoms with van der Waals surface area (Å²) >= 11 is 0. The molecule has 1 unspecified atom stereocenters. The SMILES string of the molecule is CPc1cc(=O)[nH]c(=O)[nH]1. The van der Waals surface area contributed by atoms with Gasteiger partial charge in [0, 0.05) is 11.5 Å². The van der Waals surface area contributed by atoms with E-state index in [1.807, 2.05) is 6.66 Å². The van der Waals surface area contributed by atoms with Crippen molar-refractivity contribution in [3.63, 3.8) is 0 Å². The molecule has 54 valence electrons. The molecule has 1 heterocycles. The Morgan fingerprint density at radius 1 is 1.40 bits per heavy atom. The van der Waals surface area contributed by atoms with E-state index in [0.29, 0.717) is 14.0 Å². The number of hydrogen-bond donors (Lipinski definition) is 2. The number of H-pyrrole nitrogens is 2. The standard InChI is InChI=1S/C5H7N2O2P/c1-10-4-2-3(8)6-5(9)7-4/h2,10H,1H3,(H2,6,7,8,9). The average molecular weight is 158 g/mol. The van der Waals surface area contributed by atoms with Crippen LogP contribution < -0.4 is 16.7 Å². The van der Waals surface area contributed by atoms with Crippen LogP contribution in [0.5, 0.6) is 0 Å². The Kier molecular flexibility index (Phi) is 2.02. The summed E-state index contributed by atoms with van der Waals surface area (Å²) in [6, 6.07) is 1.39. The van der Waals surface area contributed by atoms with Crippen molar-refractivity contribution in [2.24, 2.45) is 0 Å². The van der Waals surface area contributed by atoms with Gasteiger partial charge in [-0.2, -0.15) is 0 Å². The molecule has 0 saturated carbocycles. The van der Waals surface area contributed by atoms with Crippen LogP contribution in [-0.4, -0.2) is 16.6 Å². The smallest absolute Gasteiger partial charge is 0.307 e. The zero-order valence-corrected chi connectivity index (χ0v) is 6.39. The molecular formula is C5H7N2O2P. The Morgan fingerprint density at radius 2 is 2.10 bits per heavy atom. The van der Waals surface area contributed by atoms with E-state index in [4.69, 9.17) is 0 Å². The van der Waals surface area contributed by atoms with E-state index >= 15 is 0 Å². The molecule has 0 bridgehead atoms. The van der Waals surface area contributed by atoms with Gasteiger partial charge in [-0.25, -0.2) is 4.79 Å². The molecule has 1 rings (SSSR count). The number of aromatic amines is 2. The monoisotopic (exact) mass is 158 g/mol. The first-order valence-corrected chi connectivity index (χ1v) is 4.24. The third kappa shape index (κ3) is 1.54. The highest BCUT2D eigenvalue weighted by molar-refractivity contribution is 7.45. The second-order valence-electron chi connectivity index (χ2n) is 1.75. The molecule has 1 aromatic heterocycles. The highest BCUT2D eigenvalue weighted by atomic mass is 31.1. The predicted molar refractivity (Wildman–Crippen MR) is 41.6 cm³/mol. The first-order chi connectivity index (χ1) is 4.72. The van der Waals surface area contributed by atoms with Gasteiger partial charge in [0.1, 0.15) is 0 Å². The first kappa shape index (κ1) is 7.22. The van der Waals surface area contributed by atoms with Crippen molar-refractivity contribution in [1.82, 2.24) is 9.97 Å². The molecular weight excluding hydrogens is 151 g/mol. The van der Waals surface area contributed by atoms with Gasteiger partial charge in [-0.3, -0.25) is 9.78 Å². The maximum absolute atomic E-state index is 10.6. The van der Waals surface area contributed by atoms with Crippen molar-refractivity contribution < 1.29 is 0 Å². The lowest BCUT2D eigenvalue weighted by atomic mass is 10.7. The van der Waals surface area contributed by atoms with Gasteiger partial charge in [-0.15, -0.1) is 0 Å². The van der Waals surface area contributed by atoms with Gasteiger partial charge in [-0.1, -0.05) is 8.58 Å². The van der Waals surface area contributed by atoms with Gasteiger partial charge >= 0.3 is 5.69 Å². The Morgan fingerprint density at radius 3 is 2.60 bits per heavy atom. The highest BCUT2D eigenvalue weighted by Crippen LogP contribution is 1.94. The van der Waals surface area contributed by atoms with E-state index in [-0.39, 0.29) is 5.56 Å². The summed E-state index contributed by atoms with van der Waals surface area (Å²) in [7, 11) is 0.447. The summed E-state index contributed by atoms with van der Waals surface area (Å²) in [4.78, 5) is 25.7. The molecule has 10 heavy (non-hydrogen) atoms. The summed E-state index contributed by atoms with van der Waals surface area (Å²) < 4.78 is 0. The van der Waals surface area contributed by atoms with Crippen LogP contribution in [0.25, 0.3) is 0 Å². The van der Waals surface area contributed by atoms with Crippen LogP contribution in [0.4, 0.5) is 0 Å². The zero-order chi connectivity index (χ0) is 7.56. The lowest BCUT2D eigenvalue weighted by Crippen LogP contribution is -2.27. The summed E-state index contributed by atoms with van der Waals surface area (Å²) in [5.41, 5.74) is -0.0845. The van der Waals surface area contributed by atoms with Crippen molar-refractivity contribution in [2.45, 2.75) is 0 Å². The van der Waals surface area contributed by atoms with Gasteiger partial charge in [0.15, 0.2) is 0 Å². The topological polar surface area (TPSA) is 65.7 Å². The van der Waals surface area contributed by atoms with Crippen molar-refractivity contribution in [1.29, 1.82) is 0 Å². The predicted octanol–water partition coefficient (Wildman–Crippen LogP) is -1.00. The number of aromatic nitrogens is 2. The molecule has 0 aromatic carbocycles. The van der Waals surface area contributed by atoms with E-state index in [1.165, 1.54) is 6.07 Å². The maximum Gasteiger partial charge on any atom is 0.326 e. The molecule has 0 amide bonds. The fourth-order valence-electron chi connectivity index (χ4n) is 0.603. The third-order valence-corrected chi connectivity index (χ3v) is 1.84. The lowest BCUT2D eigenvalue weighted by molar-refractivity contribution is 1.06. The Labute approximate surface area is 58.5 Å². The second kappa shape index (κ2) is 2.80. The molecule has 5 heteroatoms. The molecule has 0 fully saturated rings. The van der Waals surface area contributed by atoms with Crippen LogP contribution in [0.1, 0.15) is 0 Å². The average Bonchev–Trinajstić information content (AvgIpc) is 1.85. The molecule has 0 spiro atoms. The van der Waals surface area contributed by atoms with Crippen LogP contribution in [0.2, 0.25) is 0 Å². The van der Waals surface area contributed by atoms with Gasteiger partial charge in [0.2, 0.25) is 0 Å². The molecule has 1 aromatic rings. The van der Waals surface area contributed by atoms with Crippen LogP contribution in [0, 0.1) is 0 Å². The second-order valence-corrected chi connectivity index (χ2v) is 2.79. The molecule has 0 aliphatic carbocycles. The zero-order valence-electron chi connectivity index (χ0n) is 5.39. The summed E-state index contributed by atoms with van der Waals surface area (Å²) in [5.74, 6) is 0. The third-order valence-electron chi connectivity index (χ3n) is 1.03. The van der Waals surface area contributed by atoms with Crippen molar-refractivity contribution in [3.8, 4) is 0 Å². The van der Waals surface area contributed by atoms with Gasteiger partial charge < -0.3 is 4.98 Å². The van der Waals surface area contributed by atoms with Crippen LogP contribution in [0.15, 0.2) is 15.7 Å². The quantitative estimate of drug-likeness (QED) is 0.514. The van der Waals surface area contributed by atoms with Gasteiger partial charge in [0.05, 0.1) is 0 Å². The molecule has 0 aliphatic heterocycles. The summed E-state index contributed by atoms with van der Waals surface area (Å²) in [5, 5.41) is 0. The Hall–Kier alpha value is -0.890. The van der Waals surface area contributed by atoms with E-state index < -0.39 is 5.69 Å². The van der Waals surface area contributed by atoms with Gasteiger partial charge in [-0.05, 0) is 6.66 Å². The fourth-order valence-corrected chi connectivity index (χ4v) is 1.12. The molecule has 1 atom stereocenters. The van der Waals surface area contributed by atoms with E-state index in [0.717, 1.165) is 0 Å².